The number of rotatable bonds is 6. The maximum absolute atomic E-state index is 12.4. The van der Waals surface area contributed by atoms with Crippen molar-refractivity contribution in [3.63, 3.8) is 0 Å². The Balaban J connectivity index is 1.54. The summed E-state index contributed by atoms with van der Waals surface area (Å²) in [4.78, 5) is 14.2. The summed E-state index contributed by atoms with van der Waals surface area (Å²) >= 11 is 0. The second-order valence-corrected chi connectivity index (χ2v) is 6.48. The Morgan fingerprint density at radius 1 is 0.960 bits per heavy atom. The van der Waals surface area contributed by atoms with Gasteiger partial charge in [-0.25, -0.2) is 0 Å². The van der Waals surface area contributed by atoms with E-state index in [0.29, 0.717) is 17.5 Å². The number of amides is 1. The Labute approximate surface area is 149 Å². The molecule has 25 heavy (non-hydrogen) atoms. The van der Waals surface area contributed by atoms with Crippen LogP contribution >= 0.6 is 0 Å². The fourth-order valence-electron chi connectivity index (χ4n) is 3.17. The van der Waals surface area contributed by atoms with E-state index >= 15 is 0 Å². The highest BCUT2D eigenvalue weighted by molar-refractivity contribution is 5.77. The molecule has 2 aromatic rings. The van der Waals surface area contributed by atoms with Crippen molar-refractivity contribution >= 4 is 5.91 Å². The first-order chi connectivity index (χ1) is 12.2. The molecule has 3 rings (SSSR count). The van der Waals surface area contributed by atoms with Crippen LogP contribution in [-0.2, 0) is 4.79 Å². The zero-order chi connectivity index (χ0) is 17.5. The Kier molecular flexibility index (Phi) is 5.94. The quantitative estimate of drug-likeness (QED) is 0.769. The molecule has 0 atom stereocenters. The summed E-state index contributed by atoms with van der Waals surface area (Å²) in [5.41, 5.74) is 0. The van der Waals surface area contributed by atoms with Crippen LogP contribution in [0.4, 0.5) is 0 Å². The van der Waals surface area contributed by atoms with Gasteiger partial charge in [0.2, 0.25) is 0 Å². The predicted molar refractivity (Wildman–Crippen MR) is 98.1 cm³/mol. The molecule has 1 aliphatic rings. The lowest BCUT2D eigenvalue weighted by molar-refractivity contribution is -0.134. The van der Waals surface area contributed by atoms with Gasteiger partial charge in [-0.2, -0.15) is 0 Å². The lowest BCUT2D eigenvalue weighted by Gasteiger charge is -2.31. The zero-order valence-corrected chi connectivity index (χ0v) is 14.7. The number of likely N-dealkylation sites (N-methyl/N-ethyl adjacent to an activating group) is 1. The van der Waals surface area contributed by atoms with E-state index in [1.54, 1.807) is 6.07 Å². The summed E-state index contributed by atoms with van der Waals surface area (Å²) in [6.45, 7) is 0.0573. The van der Waals surface area contributed by atoms with Gasteiger partial charge in [0.15, 0.2) is 6.61 Å². The smallest absolute Gasteiger partial charge is 0.260 e. The number of nitrogens with zero attached hydrogens (tertiary/aromatic N) is 1. The maximum atomic E-state index is 12.4. The van der Waals surface area contributed by atoms with Gasteiger partial charge in [-0.1, -0.05) is 43.5 Å². The van der Waals surface area contributed by atoms with E-state index in [9.17, 15) is 4.79 Å². The van der Waals surface area contributed by atoms with Crippen molar-refractivity contribution in [1.29, 1.82) is 0 Å². The van der Waals surface area contributed by atoms with E-state index in [1.807, 2.05) is 60.5 Å². The molecule has 4 nitrogen and oxygen atoms in total. The first kappa shape index (κ1) is 17.3. The number of hydrogen-bond acceptors (Lipinski definition) is 3. The van der Waals surface area contributed by atoms with Crippen LogP contribution in [0, 0.1) is 0 Å². The van der Waals surface area contributed by atoms with Gasteiger partial charge in [0.1, 0.15) is 17.2 Å². The molecule has 1 saturated carbocycles. The highest BCUT2D eigenvalue weighted by Crippen LogP contribution is 2.25. The number of carbonyl (C=O) groups is 1. The molecule has 0 spiro atoms. The molecule has 0 unspecified atom stereocenters. The third-order valence-corrected chi connectivity index (χ3v) is 4.66. The van der Waals surface area contributed by atoms with E-state index in [0.717, 1.165) is 18.6 Å². The van der Waals surface area contributed by atoms with E-state index in [-0.39, 0.29) is 12.5 Å². The Hall–Kier alpha value is -2.49. The monoisotopic (exact) mass is 339 g/mol. The van der Waals surface area contributed by atoms with E-state index in [4.69, 9.17) is 9.47 Å². The summed E-state index contributed by atoms with van der Waals surface area (Å²) in [7, 11) is 1.89. The number of benzene rings is 2. The molecule has 0 saturated heterocycles. The average Bonchev–Trinajstić information content (AvgIpc) is 2.67. The summed E-state index contributed by atoms with van der Waals surface area (Å²) < 4.78 is 11.5. The van der Waals surface area contributed by atoms with Gasteiger partial charge >= 0.3 is 0 Å². The minimum Gasteiger partial charge on any atom is -0.484 e. The molecule has 1 amide bonds. The van der Waals surface area contributed by atoms with Crippen LogP contribution in [0.5, 0.6) is 17.2 Å². The van der Waals surface area contributed by atoms with Gasteiger partial charge < -0.3 is 14.4 Å². The summed E-state index contributed by atoms with van der Waals surface area (Å²) in [5, 5.41) is 0. The molecule has 0 N–H and O–H groups in total. The fourth-order valence-corrected chi connectivity index (χ4v) is 3.17. The second-order valence-electron chi connectivity index (χ2n) is 6.48. The molecule has 0 heterocycles. The molecular weight excluding hydrogens is 314 g/mol. The molecule has 0 aliphatic heterocycles. The molecule has 1 aliphatic carbocycles. The average molecular weight is 339 g/mol. The van der Waals surface area contributed by atoms with Crippen LogP contribution in [0.15, 0.2) is 54.6 Å². The molecule has 2 aromatic carbocycles. The largest absolute Gasteiger partial charge is 0.484 e. The van der Waals surface area contributed by atoms with E-state index in [2.05, 4.69) is 0 Å². The first-order valence-corrected chi connectivity index (χ1v) is 8.94. The Bertz CT molecular complexity index is 681. The van der Waals surface area contributed by atoms with Crippen LogP contribution in [0.2, 0.25) is 0 Å². The topological polar surface area (TPSA) is 38.8 Å². The third-order valence-electron chi connectivity index (χ3n) is 4.66. The Morgan fingerprint density at radius 3 is 2.40 bits per heavy atom. The van der Waals surface area contributed by atoms with Crippen LogP contribution in [0.1, 0.15) is 32.1 Å². The second kappa shape index (κ2) is 8.56. The minimum atomic E-state index is 0.0290. The molecule has 0 radical (unpaired) electrons. The van der Waals surface area contributed by atoms with Crippen molar-refractivity contribution in [1.82, 2.24) is 4.90 Å². The van der Waals surface area contributed by atoms with Crippen molar-refractivity contribution in [2.75, 3.05) is 13.7 Å². The lowest BCUT2D eigenvalue weighted by atomic mass is 9.94. The third kappa shape index (κ3) is 4.99. The van der Waals surface area contributed by atoms with Gasteiger partial charge in [0.25, 0.3) is 5.91 Å². The number of ether oxygens (including phenoxy) is 2. The van der Waals surface area contributed by atoms with Crippen molar-refractivity contribution in [2.24, 2.45) is 0 Å². The number of hydrogen-bond donors (Lipinski definition) is 0. The van der Waals surface area contributed by atoms with Crippen LogP contribution in [0.25, 0.3) is 0 Å². The van der Waals surface area contributed by atoms with Crippen LogP contribution in [0.3, 0.4) is 0 Å². The maximum Gasteiger partial charge on any atom is 0.260 e. The molecule has 0 aromatic heterocycles. The highest BCUT2D eigenvalue weighted by atomic mass is 16.5. The standard InChI is InChI=1S/C21H25NO3/c1-22(17-9-4-2-5-10-17)21(23)16-24-19-13-8-14-20(15-19)25-18-11-6-3-7-12-18/h3,6-8,11-15,17H,2,4-5,9-10,16H2,1H3. The molecule has 1 fully saturated rings. The van der Waals surface area contributed by atoms with E-state index in [1.165, 1.54) is 19.3 Å². The van der Waals surface area contributed by atoms with E-state index < -0.39 is 0 Å². The van der Waals surface area contributed by atoms with Gasteiger partial charge in [0, 0.05) is 19.2 Å². The zero-order valence-electron chi connectivity index (χ0n) is 14.7. The Morgan fingerprint density at radius 2 is 1.64 bits per heavy atom. The molecular formula is C21H25NO3. The molecule has 0 bridgehead atoms. The minimum absolute atomic E-state index is 0.0290. The molecule has 132 valence electrons. The normalized spacial score (nSPS) is 14.8. The SMILES string of the molecule is CN(C(=O)COc1cccc(Oc2ccccc2)c1)C1CCCCC1. The van der Waals surface area contributed by atoms with Crippen molar-refractivity contribution in [2.45, 2.75) is 38.1 Å². The van der Waals surface area contributed by atoms with Crippen molar-refractivity contribution in [3.05, 3.63) is 54.6 Å². The number of para-hydroxylation sites is 1. The van der Waals surface area contributed by atoms with Gasteiger partial charge in [-0.3, -0.25) is 4.79 Å². The van der Waals surface area contributed by atoms with Crippen LogP contribution in [-0.4, -0.2) is 30.5 Å². The van der Waals surface area contributed by atoms with Gasteiger partial charge in [-0.05, 0) is 37.1 Å². The predicted octanol–water partition coefficient (Wildman–Crippen LogP) is 4.65. The first-order valence-electron chi connectivity index (χ1n) is 8.94. The van der Waals surface area contributed by atoms with Gasteiger partial charge in [0.05, 0.1) is 0 Å². The lowest BCUT2D eigenvalue weighted by Crippen LogP contribution is -2.40. The summed E-state index contributed by atoms with van der Waals surface area (Å²) in [6, 6.07) is 17.3. The van der Waals surface area contributed by atoms with Gasteiger partial charge in [-0.15, -0.1) is 0 Å². The van der Waals surface area contributed by atoms with Crippen molar-refractivity contribution in [3.8, 4) is 17.2 Å². The number of carbonyl (C=O) groups excluding carboxylic acids is 1. The highest BCUT2D eigenvalue weighted by Gasteiger charge is 2.22. The van der Waals surface area contributed by atoms with Crippen molar-refractivity contribution < 1.29 is 14.3 Å². The summed E-state index contributed by atoms with van der Waals surface area (Å²) in [5.74, 6) is 2.13. The fraction of sp³-hybridized carbons (Fsp3) is 0.381. The molecule has 4 heteroatoms. The van der Waals surface area contributed by atoms with Crippen LogP contribution < -0.4 is 9.47 Å². The summed E-state index contributed by atoms with van der Waals surface area (Å²) in [6.07, 6.45) is 5.90.